The summed E-state index contributed by atoms with van der Waals surface area (Å²) in [6.07, 6.45) is 0. The Labute approximate surface area is 385 Å². The van der Waals surface area contributed by atoms with Crippen molar-refractivity contribution in [2.45, 2.75) is 0 Å². The highest BCUT2D eigenvalue weighted by Crippen LogP contribution is 2.44. The molecule has 0 aliphatic heterocycles. The molecule has 0 spiro atoms. The van der Waals surface area contributed by atoms with Gasteiger partial charge in [-0.1, -0.05) is 206 Å². The zero-order chi connectivity index (χ0) is 43.8. The molecule has 11 aromatic carbocycles. The van der Waals surface area contributed by atoms with Crippen LogP contribution in [0.4, 0.5) is 17.1 Å². The van der Waals surface area contributed by atoms with Crippen molar-refractivity contribution < 1.29 is 0 Å². The largest absolute Gasteiger partial charge is 0.310 e. The van der Waals surface area contributed by atoms with E-state index in [1.54, 1.807) is 0 Å². The monoisotopic (exact) mass is 840 g/mol. The number of benzene rings is 11. The predicted molar refractivity (Wildman–Crippen MR) is 280 cm³/mol. The number of aromatic nitrogens is 1. The second-order valence-electron chi connectivity index (χ2n) is 17.0. The van der Waals surface area contributed by atoms with Crippen LogP contribution in [0.2, 0.25) is 0 Å². The van der Waals surface area contributed by atoms with Crippen molar-refractivity contribution in [2.24, 2.45) is 0 Å². The molecule has 0 amide bonds. The third-order valence-corrected chi connectivity index (χ3v) is 13.0. The SMILES string of the molecule is c1ccc(-c2ccc(-c3ccc(N(c4ccc(-c5cccc(-n6c7ccccc7c7ccccc76)c5)cc4)c4cc(-c5ccc6ccccc6c5)ccc4-c4ccccc4)cc3)cc2)cc1. The van der Waals surface area contributed by atoms with Crippen LogP contribution in [0.5, 0.6) is 0 Å². The summed E-state index contributed by atoms with van der Waals surface area (Å²) in [7, 11) is 0. The lowest BCUT2D eigenvalue weighted by molar-refractivity contribution is 1.18. The average Bonchev–Trinajstić information content (AvgIpc) is 3.74. The Morgan fingerprint density at radius 3 is 1.30 bits per heavy atom. The van der Waals surface area contributed by atoms with Crippen molar-refractivity contribution >= 4 is 49.6 Å². The van der Waals surface area contributed by atoms with Crippen molar-refractivity contribution in [2.75, 3.05) is 4.90 Å². The molecule has 0 aliphatic rings. The Hall–Kier alpha value is -8.72. The van der Waals surface area contributed by atoms with Crippen LogP contribution in [-0.4, -0.2) is 4.57 Å². The molecule has 0 atom stereocenters. The zero-order valence-corrected chi connectivity index (χ0v) is 36.3. The molecule has 0 saturated heterocycles. The summed E-state index contributed by atoms with van der Waals surface area (Å²) in [6, 6.07) is 97.0. The van der Waals surface area contributed by atoms with Gasteiger partial charge in [-0.05, 0) is 122 Å². The third kappa shape index (κ3) is 7.21. The maximum absolute atomic E-state index is 2.42. The van der Waals surface area contributed by atoms with E-state index in [2.05, 4.69) is 276 Å². The van der Waals surface area contributed by atoms with E-state index in [1.165, 1.54) is 66.0 Å². The van der Waals surface area contributed by atoms with E-state index in [0.29, 0.717) is 0 Å². The van der Waals surface area contributed by atoms with Crippen molar-refractivity contribution in [3.63, 3.8) is 0 Å². The van der Waals surface area contributed by atoms with Gasteiger partial charge in [-0.2, -0.15) is 0 Å². The Morgan fingerprint density at radius 2 is 0.682 bits per heavy atom. The maximum Gasteiger partial charge on any atom is 0.0546 e. The van der Waals surface area contributed by atoms with Crippen LogP contribution in [0.25, 0.3) is 93.9 Å². The maximum atomic E-state index is 2.42. The van der Waals surface area contributed by atoms with Crippen molar-refractivity contribution in [3.8, 4) is 61.3 Å². The number of rotatable bonds is 9. The summed E-state index contributed by atoms with van der Waals surface area (Å²) < 4.78 is 2.39. The van der Waals surface area contributed by atoms with Gasteiger partial charge in [0.2, 0.25) is 0 Å². The predicted octanol–water partition coefficient (Wildman–Crippen LogP) is 17.7. The smallest absolute Gasteiger partial charge is 0.0546 e. The van der Waals surface area contributed by atoms with E-state index < -0.39 is 0 Å². The van der Waals surface area contributed by atoms with Gasteiger partial charge in [-0.25, -0.2) is 0 Å². The minimum absolute atomic E-state index is 1.07. The van der Waals surface area contributed by atoms with Gasteiger partial charge in [-0.15, -0.1) is 0 Å². The van der Waals surface area contributed by atoms with Crippen LogP contribution in [0, 0.1) is 0 Å². The van der Waals surface area contributed by atoms with E-state index in [-0.39, 0.29) is 0 Å². The van der Waals surface area contributed by atoms with E-state index in [4.69, 9.17) is 0 Å². The molecule has 0 saturated carbocycles. The van der Waals surface area contributed by atoms with Crippen LogP contribution < -0.4 is 4.90 Å². The van der Waals surface area contributed by atoms with Crippen LogP contribution in [-0.2, 0) is 0 Å². The van der Waals surface area contributed by atoms with Crippen LogP contribution in [0.15, 0.2) is 267 Å². The molecule has 1 aromatic heterocycles. The van der Waals surface area contributed by atoms with Gasteiger partial charge in [0, 0.05) is 33.4 Å². The molecule has 0 fully saturated rings. The molecule has 0 aliphatic carbocycles. The number of para-hydroxylation sites is 2. The molecule has 1 heterocycles. The van der Waals surface area contributed by atoms with E-state index in [0.717, 1.165) is 45.0 Å². The van der Waals surface area contributed by atoms with Crippen LogP contribution >= 0.6 is 0 Å². The molecular formula is C64H44N2. The first-order valence-corrected chi connectivity index (χ1v) is 22.7. The number of anilines is 3. The van der Waals surface area contributed by atoms with E-state index >= 15 is 0 Å². The standard InChI is InChI=1S/C64H44N2/c1-3-14-45(15-4-1)47-26-28-48(29-27-47)49-32-37-56(38-33-49)65(64-44-55(36-41-59(64)51-17-5-2-6-18-51)54-31-30-46-16-7-8-19-52(46)42-54)57-39-34-50(35-40-57)53-20-13-21-58(43-53)66-62-24-11-9-22-60(62)61-23-10-12-25-63(61)66/h1-44H. The summed E-state index contributed by atoms with van der Waals surface area (Å²) in [4.78, 5) is 2.42. The van der Waals surface area contributed by atoms with Gasteiger partial charge in [0.15, 0.2) is 0 Å². The van der Waals surface area contributed by atoms with Gasteiger partial charge in [0.1, 0.15) is 0 Å². The number of hydrogen-bond acceptors (Lipinski definition) is 1. The molecule has 2 heteroatoms. The Balaban J connectivity index is 0.976. The van der Waals surface area contributed by atoms with Gasteiger partial charge in [0.25, 0.3) is 0 Å². The van der Waals surface area contributed by atoms with Gasteiger partial charge in [-0.3, -0.25) is 0 Å². The first-order chi connectivity index (χ1) is 32.7. The molecule has 310 valence electrons. The summed E-state index contributed by atoms with van der Waals surface area (Å²) in [5, 5.41) is 4.98. The highest BCUT2D eigenvalue weighted by molar-refractivity contribution is 6.09. The fourth-order valence-corrected chi connectivity index (χ4v) is 9.67. The summed E-state index contributed by atoms with van der Waals surface area (Å²) in [5.74, 6) is 0. The Bertz CT molecular complexity index is 3610. The van der Waals surface area contributed by atoms with E-state index in [1.807, 2.05) is 0 Å². The highest BCUT2D eigenvalue weighted by Gasteiger charge is 2.20. The molecule has 0 unspecified atom stereocenters. The fraction of sp³-hybridized carbons (Fsp3) is 0. The average molecular weight is 841 g/mol. The minimum Gasteiger partial charge on any atom is -0.310 e. The summed E-state index contributed by atoms with van der Waals surface area (Å²) in [5.41, 5.74) is 18.6. The van der Waals surface area contributed by atoms with Crippen LogP contribution in [0.1, 0.15) is 0 Å². The third-order valence-electron chi connectivity index (χ3n) is 13.0. The molecule has 0 N–H and O–H groups in total. The van der Waals surface area contributed by atoms with Crippen LogP contribution in [0.3, 0.4) is 0 Å². The van der Waals surface area contributed by atoms with Crippen molar-refractivity contribution in [1.29, 1.82) is 0 Å². The zero-order valence-electron chi connectivity index (χ0n) is 36.3. The lowest BCUT2D eigenvalue weighted by atomic mass is 9.95. The lowest BCUT2D eigenvalue weighted by Gasteiger charge is -2.29. The molecular weight excluding hydrogens is 797 g/mol. The number of fused-ring (bicyclic) bond motifs is 4. The van der Waals surface area contributed by atoms with E-state index in [9.17, 15) is 0 Å². The first kappa shape index (κ1) is 38.9. The summed E-state index contributed by atoms with van der Waals surface area (Å²) in [6.45, 7) is 0. The van der Waals surface area contributed by atoms with Gasteiger partial charge in [0.05, 0.1) is 16.7 Å². The molecule has 0 bridgehead atoms. The molecule has 12 rings (SSSR count). The lowest BCUT2D eigenvalue weighted by Crippen LogP contribution is -2.11. The van der Waals surface area contributed by atoms with Crippen molar-refractivity contribution in [1.82, 2.24) is 4.57 Å². The molecule has 12 aromatic rings. The first-order valence-electron chi connectivity index (χ1n) is 22.7. The second-order valence-corrected chi connectivity index (χ2v) is 17.0. The second kappa shape index (κ2) is 16.8. The summed E-state index contributed by atoms with van der Waals surface area (Å²) >= 11 is 0. The van der Waals surface area contributed by atoms with Crippen molar-refractivity contribution in [3.05, 3.63) is 267 Å². The number of hydrogen-bond donors (Lipinski definition) is 0. The minimum atomic E-state index is 1.07. The molecule has 2 nitrogen and oxygen atoms in total. The Morgan fingerprint density at radius 1 is 0.258 bits per heavy atom. The topological polar surface area (TPSA) is 8.17 Å². The Kier molecular flexibility index (Phi) is 9.89. The number of nitrogens with zero attached hydrogens (tertiary/aromatic N) is 2. The molecule has 66 heavy (non-hydrogen) atoms. The van der Waals surface area contributed by atoms with Gasteiger partial charge < -0.3 is 9.47 Å². The normalized spacial score (nSPS) is 11.3. The quantitative estimate of drug-likeness (QED) is 0.141. The highest BCUT2D eigenvalue weighted by atomic mass is 15.1. The van der Waals surface area contributed by atoms with Gasteiger partial charge >= 0.3 is 0 Å². The molecule has 0 radical (unpaired) electrons. The fourth-order valence-electron chi connectivity index (χ4n) is 9.67.